The highest BCUT2D eigenvalue weighted by atomic mass is 32.1. The molecule has 0 bridgehead atoms. The zero-order valence-electron chi connectivity index (χ0n) is 37.9. The van der Waals surface area contributed by atoms with Crippen molar-refractivity contribution in [1.29, 1.82) is 0 Å². The molecule has 2 aromatic rings. The summed E-state index contributed by atoms with van der Waals surface area (Å²) in [5, 5.41) is 0.358. The summed E-state index contributed by atoms with van der Waals surface area (Å²) < 4.78 is 20.9. The van der Waals surface area contributed by atoms with Crippen molar-refractivity contribution < 1.29 is 38.1 Å². The molecule has 0 unspecified atom stereocenters. The van der Waals surface area contributed by atoms with Gasteiger partial charge in [0.15, 0.2) is 0 Å². The molecule has 0 N–H and O–H groups in total. The maximum atomic E-state index is 11.8. The molecule has 24 heteroatoms. The summed E-state index contributed by atoms with van der Waals surface area (Å²) in [5.74, 6) is 7.27. The van der Waals surface area contributed by atoms with Gasteiger partial charge in [0.2, 0.25) is 0 Å². The van der Waals surface area contributed by atoms with E-state index >= 15 is 0 Å². The smallest absolute Gasteiger partial charge is 0.306 e. The van der Waals surface area contributed by atoms with Gasteiger partial charge in [-0.25, -0.2) is 0 Å². The Morgan fingerprint density at radius 1 is 0.433 bits per heavy atom. The molecule has 0 saturated carbocycles. The molecule has 2 aromatic carbocycles. The maximum absolute atomic E-state index is 11.8. The molecule has 0 saturated heterocycles. The Morgan fingerprint density at radius 3 is 0.806 bits per heavy atom. The van der Waals surface area contributed by atoms with E-state index in [9.17, 15) is 19.2 Å². The summed E-state index contributed by atoms with van der Waals surface area (Å²) >= 11 is 61.6. The summed E-state index contributed by atoms with van der Waals surface area (Å²) in [5.41, 5.74) is 5.26. The van der Waals surface area contributed by atoms with Gasteiger partial charge in [0.05, 0.1) is 25.7 Å². The van der Waals surface area contributed by atoms with Crippen LogP contribution in [0.15, 0.2) is 42.5 Å². The topological polar surface area (TPSA) is 105 Å². The van der Waals surface area contributed by atoms with Crippen LogP contribution in [0.3, 0.4) is 0 Å². The van der Waals surface area contributed by atoms with E-state index in [1.54, 1.807) is 0 Å². The Labute approximate surface area is 491 Å². The Morgan fingerprint density at radius 2 is 0.672 bits per heavy atom. The lowest BCUT2D eigenvalue weighted by Crippen LogP contribution is -2.44. The summed E-state index contributed by atoms with van der Waals surface area (Å²) in [7, 11) is 0. The number of benzene rings is 2. The third-order valence-electron chi connectivity index (χ3n) is 8.65. The van der Waals surface area contributed by atoms with Crippen LogP contribution in [-0.4, -0.2) is 107 Å². The van der Waals surface area contributed by atoms with Crippen LogP contribution < -0.4 is 0 Å². The molecule has 0 heterocycles. The van der Waals surface area contributed by atoms with Crippen molar-refractivity contribution in [2.75, 3.05) is 78.2 Å². The van der Waals surface area contributed by atoms with Crippen molar-refractivity contribution in [2.24, 2.45) is 10.8 Å². The van der Waals surface area contributed by atoms with Crippen LogP contribution in [0.4, 0.5) is 0 Å². The average Bonchev–Trinajstić information content (AvgIpc) is 3.35. The molecule has 0 aromatic heterocycles. The molecular weight excluding hydrogens is 1160 g/mol. The van der Waals surface area contributed by atoms with Crippen molar-refractivity contribution >= 4 is 227 Å². The highest BCUT2D eigenvalue weighted by Crippen LogP contribution is 2.26. The molecule has 0 amide bonds. The zero-order chi connectivity index (χ0) is 50.8. The van der Waals surface area contributed by atoms with Gasteiger partial charge in [-0.3, -0.25) is 19.2 Å². The Kier molecular flexibility index (Phi) is 56.4. The molecule has 2 rings (SSSR count). The number of carbonyl (C=O) groups is 4. The average molecular weight is 1230 g/mol. The van der Waals surface area contributed by atoms with E-state index in [1.807, 2.05) is 0 Å². The van der Waals surface area contributed by atoms with Crippen LogP contribution in [0.1, 0.15) is 66.8 Å². The molecule has 0 aliphatic carbocycles. The second-order valence-corrected chi connectivity index (χ2v) is 19.9. The summed E-state index contributed by atoms with van der Waals surface area (Å²) in [4.78, 5) is 47.1. The number of thiol groups is 15. The normalized spacial score (nSPS) is 10.5. The van der Waals surface area contributed by atoms with Crippen LogP contribution in [0.2, 0.25) is 0 Å². The van der Waals surface area contributed by atoms with Crippen molar-refractivity contribution in [3.8, 4) is 0 Å². The van der Waals surface area contributed by atoms with Gasteiger partial charge in [-0.15, -0.1) is 0 Å². The second kappa shape index (κ2) is 50.1. The number of hydrogen-bond donors (Lipinski definition) is 15. The van der Waals surface area contributed by atoms with Gasteiger partial charge in [0.1, 0.15) is 31.8 Å². The van der Waals surface area contributed by atoms with E-state index in [4.69, 9.17) is 18.9 Å². The van der Waals surface area contributed by atoms with E-state index in [2.05, 4.69) is 239 Å². The standard InChI is InChI=1S/C17H28O8S4.C9H12S3.C8H10S2.C6H14S3.C3H8S3.H2S/c18-13(1-5-26)22-9-17(10-23-14(19)2-6-27,11-24-15(20)3-7-28)12-25-16(21)4-8-29;10-4-7-1-8(5-11)3-9(2-7)6-12;9-5-7-1-2-8(6-10)4-3-7;1-2-6(3-7,4-8)5-9;4-1-3(6)2-5;/h26-29H,1-12H2;1-3,10-12H,4-6H2;1-4,9-10H,5-6H2;7-9H,2-5H2,1H3;3-6H,1-2H2;1H2. The Bertz CT molecular complexity index is 1350. The fourth-order valence-electron chi connectivity index (χ4n) is 4.24. The van der Waals surface area contributed by atoms with Crippen LogP contribution in [0.25, 0.3) is 0 Å². The van der Waals surface area contributed by atoms with Gasteiger partial charge in [-0.1, -0.05) is 49.4 Å². The molecular formula is C43H74O8S16. The summed E-state index contributed by atoms with van der Waals surface area (Å²) in [6, 6.07) is 14.7. The predicted molar refractivity (Wildman–Crippen MR) is 342 cm³/mol. The number of carbonyl (C=O) groups excluding carboxylic acids is 4. The third-order valence-corrected chi connectivity index (χ3v) is 15.2. The lowest BCUT2D eigenvalue weighted by atomic mass is 9.92. The van der Waals surface area contributed by atoms with Crippen LogP contribution in [0.5, 0.6) is 0 Å². The van der Waals surface area contributed by atoms with Crippen LogP contribution >= 0.6 is 203 Å². The zero-order valence-corrected chi connectivity index (χ0v) is 52.3. The van der Waals surface area contributed by atoms with E-state index in [0.717, 1.165) is 63.9 Å². The molecule has 67 heavy (non-hydrogen) atoms. The summed E-state index contributed by atoms with van der Waals surface area (Å²) in [6.45, 7) is 1.03. The third kappa shape index (κ3) is 40.0. The van der Waals surface area contributed by atoms with Gasteiger partial charge >= 0.3 is 23.9 Å². The van der Waals surface area contributed by atoms with Gasteiger partial charge in [-0.05, 0) is 56.9 Å². The first-order chi connectivity index (χ1) is 31.5. The molecule has 0 radical (unpaired) electrons. The number of hydrogen-bond acceptors (Lipinski definition) is 23. The largest absolute Gasteiger partial charge is 0.465 e. The van der Waals surface area contributed by atoms with Gasteiger partial charge < -0.3 is 18.9 Å². The Balaban J connectivity index is -0.000000425. The minimum atomic E-state index is -1.25. The molecule has 0 aliphatic heterocycles. The van der Waals surface area contributed by atoms with Gasteiger partial charge in [0, 0.05) is 68.5 Å². The number of rotatable bonds is 27. The molecule has 8 nitrogen and oxygen atoms in total. The SMILES string of the molecule is CCC(CS)(CS)CS.O=C(CCS)OCC(COC(=O)CCS)(COC(=O)CCS)COC(=O)CCS.S.SCC(S)CS.SCc1cc(CS)cc(CS)c1.SCc1ccc(CS)cc1. The van der Waals surface area contributed by atoms with Crippen LogP contribution in [0, 0.1) is 10.8 Å². The second-order valence-electron chi connectivity index (χ2n) is 14.1. The fraction of sp³-hybridized carbons (Fsp3) is 0.628. The number of esters is 4. The molecule has 0 atom stereocenters. The molecule has 0 fully saturated rings. The highest BCUT2D eigenvalue weighted by Gasteiger charge is 2.38. The first kappa shape index (κ1) is 75.4. The minimum Gasteiger partial charge on any atom is -0.465 e. The van der Waals surface area contributed by atoms with Crippen LogP contribution in [-0.2, 0) is 66.9 Å². The lowest BCUT2D eigenvalue weighted by Gasteiger charge is -2.31. The Hall–Kier alpha value is 1.92. The lowest BCUT2D eigenvalue weighted by molar-refractivity contribution is -0.170. The van der Waals surface area contributed by atoms with Gasteiger partial charge in [0.25, 0.3) is 0 Å². The van der Waals surface area contributed by atoms with Crippen molar-refractivity contribution in [1.82, 2.24) is 0 Å². The molecule has 0 aliphatic rings. The summed E-state index contributed by atoms with van der Waals surface area (Å²) in [6.07, 6.45) is 1.38. The minimum absolute atomic E-state index is 0. The van der Waals surface area contributed by atoms with Crippen molar-refractivity contribution in [3.63, 3.8) is 0 Å². The quantitative estimate of drug-likeness (QED) is 0.0244. The monoisotopic (exact) mass is 1230 g/mol. The molecule has 390 valence electrons. The van der Waals surface area contributed by atoms with E-state index in [1.165, 1.54) is 27.8 Å². The highest BCUT2D eigenvalue weighted by molar-refractivity contribution is 7.87. The molecule has 0 spiro atoms. The van der Waals surface area contributed by atoms with E-state index in [-0.39, 0.29) is 94.0 Å². The van der Waals surface area contributed by atoms with E-state index < -0.39 is 29.3 Å². The predicted octanol–water partition coefficient (Wildman–Crippen LogP) is 10.4. The van der Waals surface area contributed by atoms with E-state index in [0.29, 0.717) is 5.25 Å². The number of ether oxygens (including phenoxy) is 4. The van der Waals surface area contributed by atoms with Gasteiger partial charge in [-0.2, -0.15) is 203 Å². The first-order valence-electron chi connectivity index (χ1n) is 20.6. The van der Waals surface area contributed by atoms with Crippen molar-refractivity contribution in [3.05, 3.63) is 70.3 Å². The maximum Gasteiger partial charge on any atom is 0.306 e. The van der Waals surface area contributed by atoms with Crippen molar-refractivity contribution in [2.45, 2.75) is 73.0 Å². The fourth-order valence-corrected chi connectivity index (χ4v) is 8.28. The first-order valence-corrected chi connectivity index (χ1v) is 29.9.